The molecular formula is C15H20FNO3. The van der Waals surface area contributed by atoms with Gasteiger partial charge in [0.2, 0.25) is 0 Å². The fourth-order valence-electron chi connectivity index (χ4n) is 2.21. The first kappa shape index (κ1) is 14.8. The molecule has 1 unspecified atom stereocenters. The molecule has 5 heteroatoms. The summed E-state index contributed by atoms with van der Waals surface area (Å²) in [6.45, 7) is 4.46. The van der Waals surface area contributed by atoms with E-state index in [1.54, 1.807) is 12.1 Å². The first-order valence-electron chi connectivity index (χ1n) is 6.75. The Morgan fingerprint density at radius 2 is 2.30 bits per heavy atom. The van der Waals surface area contributed by atoms with Crippen LogP contribution in [-0.2, 0) is 11.2 Å². The number of para-hydroxylation sites is 1. The highest BCUT2D eigenvalue weighted by atomic mass is 19.1. The molecule has 0 fully saturated rings. The van der Waals surface area contributed by atoms with Gasteiger partial charge >= 0.3 is 0 Å². The van der Waals surface area contributed by atoms with Crippen molar-refractivity contribution in [1.82, 2.24) is 5.32 Å². The van der Waals surface area contributed by atoms with Gasteiger partial charge in [-0.25, -0.2) is 4.39 Å². The lowest BCUT2D eigenvalue weighted by molar-refractivity contribution is -0.127. The molecule has 1 atom stereocenters. The number of hydrogen-bond donors (Lipinski definition) is 2. The van der Waals surface area contributed by atoms with Gasteiger partial charge in [0.05, 0.1) is 0 Å². The smallest absolute Gasteiger partial charge is 0.261 e. The molecule has 110 valence electrons. The summed E-state index contributed by atoms with van der Waals surface area (Å²) in [6.07, 6.45) is 0.319. The Hall–Kier alpha value is -1.62. The third kappa shape index (κ3) is 3.28. The number of nitrogens with one attached hydrogen (secondary N) is 1. The molecule has 0 bridgehead atoms. The zero-order valence-corrected chi connectivity index (χ0v) is 11.8. The summed E-state index contributed by atoms with van der Waals surface area (Å²) in [7, 11) is 0. The summed E-state index contributed by atoms with van der Waals surface area (Å²) in [5.41, 5.74) is 0.543. The second-order valence-electron chi connectivity index (χ2n) is 5.89. The number of benzene rings is 1. The summed E-state index contributed by atoms with van der Waals surface area (Å²) < 4.78 is 18.9. The third-order valence-corrected chi connectivity index (χ3v) is 3.54. The van der Waals surface area contributed by atoms with Gasteiger partial charge in [-0.2, -0.15) is 0 Å². The number of hydrogen-bond acceptors (Lipinski definition) is 3. The number of ether oxygens (including phenoxy) is 1. The van der Waals surface area contributed by atoms with Crippen LogP contribution in [0.1, 0.15) is 25.8 Å². The summed E-state index contributed by atoms with van der Waals surface area (Å²) in [6, 6.07) is 4.70. The first-order valence-corrected chi connectivity index (χ1v) is 6.75. The molecule has 1 aromatic carbocycles. The lowest BCUT2D eigenvalue weighted by atomic mass is 9.89. The Bertz CT molecular complexity index is 502. The van der Waals surface area contributed by atoms with Gasteiger partial charge in [-0.3, -0.25) is 4.79 Å². The standard InChI is InChI=1S/C15H20FNO3/c1-15(2,6-7-18)9-17-14(19)12-8-10-4-3-5-11(16)13(10)20-12/h3-5,12,18H,6-9H2,1-2H3,(H,17,19). The van der Waals surface area contributed by atoms with Gasteiger partial charge in [-0.05, 0) is 17.9 Å². The molecule has 0 aliphatic carbocycles. The molecule has 0 aromatic heterocycles. The molecule has 4 nitrogen and oxygen atoms in total. The van der Waals surface area contributed by atoms with Crippen LogP contribution in [0.25, 0.3) is 0 Å². The number of carbonyl (C=O) groups is 1. The molecule has 1 amide bonds. The molecule has 0 saturated heterocycles. The lowest BCUT2D eigenvalue weighted by Crippen LogP contribution is -2.42. The Labute approximate surface area is 117 Å². The van der Waals surface area contributed by atoms with E-state index in [1.807, 2.05) is 13.8 Å². The first-order chi connectivity index (χ1) is 9.43. The highest BCUT2D eigenvalue weighted by Gasteiger charge is 2.31. The summed E-state index contributed by atoms with van der Waals surface area (Å²) >= 11 is 0. The molecule has 1 aromatic rings. The zero-order valence-electron chi connectivity index (χ0n) is 11.8. The van der Waals surface area contributed by atoms with Gasteiger partial charge in [-0.1, -0.05) is 26.0 Å². The minimum Gasteiger partial charge on any atom is -0.477 e. The molecule has 20 heavy (non-hydrogen) atoms. The van der Waals surface area contributed by atoms with Crippen LogP contribution in [-0.4, -0.2) is 30.3 Å². The van der Waals surface area contributed by atoms with Crippen molar-refractivity contribution in [2.75, 3.05) is 13.2 Å². The fourth-order valence-corrected chi connectivity index (χ4v) is 2.21. The van der Waals surface area contributed by atoms with E-state index in [0.29, 0.717) is 19.4 Å². The van der Waals surface area contributed by atoms with Crippen molar-refractivity contribution in [2.45, 2.75) is 32.8 Å². The largest absolute Gasteiger partial charge is 0.477 e. The summed E-state index contributed by atoms with van der Waals surface area (Å²) in [5.74, 6) is -0.493. The molecule has 0 saturated carbocycles. The number of carbonyl (C=O) groups excluding carboxylic acids is 1. The quantitative estimate of drug-likeness (QED) is 0.863. The number of aliphatic hydroxyl groups excluding tert-OH is 1. The van der Waals surface area contributed by atoms with Gasteiger partial charge in [0, 0.05) is 25.1 Å². The normalized spacial score (nSPS) is 17.5. The predicted octanol–water partition coefficient (Wildman–Crippen LogP) is 1.65. The average Bonchev–Trinajstić information content (AvgIpc) is 2.81. The molecule has 1 aliphatic rings. The van der Waals surface area contributed by atoms with Crippen molar-refractivity contribution in [3.05, 3.63) is 29.6 Å². The molecule has 0 radical (unpaired) electrons. The van der Waals surface area contributed by atoms with E-state index in [0.717, 1.165) is 5.56 Å². The SMILES string of the molecule is CC(C)(CCO)CNC(=O)C1Cc2cccc(F)c2O1. The van der Waals surface area contributed by atoms with Crippen molar-refractivity contribution in [2.24, 2.45) is 5.41 Å². The van der Waals surface area contributed by atoms with Crippen LogP contribution < -0.4 is 10.1 Å². The highest BCUT2D eigenvalue weighted by Crippen LogP contribution is 2.31. The number of aliphatic hydroxyl groups is 1. The van der Waals surface area contributed by atoms with Crippen LogP contribution in [0.3, 0.4) is 0 Å². The number of rotatable bonds is 5. The van der Waals surface area contributed by atoms with E-state index < -0.39 is 11.9 Å². The lowest BCUT2D eigenvalue weighted by Gasteiger charge is -2.24. The zero-order chi connectivity index (χ0) is 14.8. The van der Waals surface area contributed by atoms with E-state index in [4.69, 9.17) is 9.84 Å². The molecule has 1 heterocycles. The second kappa shape index (κ2) is 5.79. The fraction of sp³-hybridized carbons (Fsp3) is 0.533. The maximum atomic E-state index is 13.5. The van der Waals surface area contributed by atoms with E-state index in [-0.39, 0.29) is 23.7 Å². The minimum atomic E-state index is -0.674. The van der Waals surface area contributed by atoms with E-state index >= 15 is 0 Å². The van der Waals surface area contributed by atoms with Gasteiger partial charge in [0.1, 0.15) is 0 Å². The van der Waals surface area contributed by atoms with Gasteiger partial charge in [0.25, 0.3) is 5.91 Å². The van der Waals surface area contributed by atoms with Gasteiger partial charge < -0.3 is 15.2 Å². The number of fused-ring (bicyclic) bond motifs is 1. The molecular weight excluding hydrogens is 261 g/mol. The van der Waals surface area contributed by atoms with Crippen LogP contribution in [0, 0.1) is 11.2 Å². The molecule has 0 spiro atoms. The average molecular weight is 281 g/mol. The molecule has 2 rings (SSSR count). The van der Waals surface area contributed by atoms with Crippen LogP contribution in [0.2, 0.25) is 0 Å². The van der Waals surface area contributed by atoms with Gasteiger partial charge in [-0.15, -0.1) is 0 Å². The monoisotopic (exact) mass is 281 g/mol. The molecule has 2 N–H and O–H groups in total. The molecule has 1 aliphatic heterocycles. The number of amides is 1. The minimum absolute atomic E-state index is 0.0828. The van der Waals surface area contributed by atoms with Crippen molar-refractivity contribution in [1.29, 1.82) is 0 Å². The van der Waals surface area contributed by atoms with Gasteiger partial charge in [0.15, 0.2) is 17.7 Å². The van der Waals surface area contributed by atoms with Crippen molar-refractivity contribution in [3.8, 4) is 5.75 Å². The summed E-state index contributed by atoms with van der Waals surface area (Å²) in [5, 5.41) is 11.8. The van der Waals surface area contributed by atoms with E-state index in [1.165, 1.54) is 6.07 Å². The Kier molecular flexibility index (Phi) is 4.28. The van der Waals surface area contributed by atoms with E-state index in [2.05, 4.69) is 5.32 Å². The van der Waals surface area contributed by atoms with Crippen LogP contribution >= 0.6 is 0 Å². The van der Waals surface area contributed by atoms with Crippen molar-refractivity contribution in [3.63, 3.8) is 0 Å². The van der Waals surface area contributed by atoms with Crippen LogP contribution in [0.15, 0.2) is 18.2 Å². The van der Waals surface area contributed by atoms with Crippen LogP contribution in [0.5, 0.6) is 5.75 Å². The maximum Gasteiger partial charge on any atom is 0.261 e. The second-order valence-corrected chi connectivity index (χ2v) is 5.89. The topological polar surface area (TPSA) is 58.6 Å². The Morgan fingerprint density at radius 3 is 2.95 bits per heavy atom. The Morgan fingerprint density at radius 1 is 1.55 bits per heavy atom. The highest BCUT2D eigenvalue weighted by molar-refractivity contribution is 5.82. The Balaban J connectivity index is 1.92. The van der Waals surface area contributed by atoms with Crippen molar-refractivity contribution < 1.29 is 19.0 Å². The van der Waals surface area contributed by atoms with Crippen LogP contribution in [0.4, 0.5) is 4.39 Å². The maximum absolute atomic E-state index is 13.5. The third-order valence-electron chi connectivity index (χ3n) is 3.54. The predicted molar refractivity (Wildman–Crippen MR) is 73.0 cm³/mol. The number of halogens is 1. The van der Waals surface area contributed by atoms with E-state index in [9.17, 15) is 9.18 Å². The van der Waals surface area contributed by atoms with Crippen molar-refractivity contribution >= 4 is 5.91 Å². The summed E-state index contributed by atoms with van der Waals surface area (Å²) in [4.78, 5) is 12.1.